The zero-order chi connectivity index (χ0) is 19.8. The van der Waals surface area contributed by atoms with Crippen LogP contribution in [-0.4, -0.2) is 54.9 Å². The van der Waals surface area contributed by atoms with Crippen molar-refractivity contribution in [2.75, 3.05) is 26.9 Å². The molecule has 0 aromatic heterocycles. The standard InChI is InChI=1S/C20H28ClNO5/c1-3-17(13-27-11-10-26-2)22-18(14-4-7-16(21)8-5-14)9-6-15(20(22)25)12-19(23)24/h4-5,7-8,15,17-18H,3,6,9-13H2,1-2H3,(H,23,24)/t15-,17+,18+/m1/s1. The SMILES string of the molecule is CC[C@@H](COCCOC)N1C(=O)[C@@H](CC(=O)O)CC[C@H]1c1ccc(Cl)cc1. The molecule has 1 fully saturated rings. The van der Waals surface area contributed by atoms with Crippen molar-refractivity contribution in [3.05, 3.63) is 34.9 Å². The number of carboxylic acids is 1. The van der Waals surface area contributed by atoms with Gasteiger partial charge in [0.05, 0.1) is 38.3 Å². The number of aliphatic carboxylic acids is 1. The Kier molecular flexibility index (Phi) is 8.54. The second-order valence-corrected chi connectivity index (χ2v) is 7.25. The van der Waals surface area contributed by atoms with E-state index in [1.54, 1.807) is 7.11 Å². The smallest absolute Gasteiger partial charge is 0.304 e. The van der Waals surface area contributed by atoms with Crippen LogP contribution in [0.5, 0.6) is 0 Å². The number of amides is 1. The fraction of sp³-hybridized carbons (Fsp3) is 0.600. The lowest BCUT2D eigenvalue weighted by atomic mass is 9.85. The highest BCUT2D eigenvalue weighted by Gasteiger charge is 2.40. The zero-order valence-corrected chi connectivity index (χ0v) is 16.7. The molecule has 2 rings (SSSR count). The topological polar surface area (TPSA) is 76.1 Å². The molecule has 1 heterocycles. The first kappa shape index (κ1) is 21.7. The Morgan fingerprint density at radius 2 is 2.00 bits per heavy atom. The summed E-state index contributed by atoms with van der Waals surface area (Å²) in [5.74, 6) is -1.53. The number of carboxylic acid groups (broad SMARTS) is 1. The average Bonchev–Trinajstić information content (AvgIpc) is 2.64. The van der Waals surface area contributed by atoms with Crippen molar-refractivity contribution in [2.45, 2.75) is 44.7 Å². The summed E-state index contributed by atoms with van der Waals surface area (Å²) in [7, 11) is 1.61. The lowest BCUT2D eigenvalue weighted by Gasteiger charge is -2.44. The van der Waals surface area contributed by atoms with Crippen LogP contribution in [0.3, 0.4) is 0 Å². The van der Waals surface area contributed by atoms with Crippen LogP contribution in [0.15, 0.2) is 24.3 Å². The van der Waals surface area contributed by atoms with Crippen molar-refractivity contribution < 1.29 is 24.2 Å². The Labute approximate surface area is 165 Å². The molecule has 0 bridgehead atoms. The number of benzene rings is 1. The van der Waals surface area contributed by atoms with E-state index in [1.807, 2.05) is 36.1 Å². The molecule has 0 spiro atoms. The summed E-state index contributed by atoms with van der Waals surface area (Å²) in [5.41, 5.74) is 1.01. The number of carbonyl (C=O) groups excluding carboxylic acids is 1. The molecule has 1 aromatic carbocycles. The van der Waals surface area contributed by atoms with Crippen molar-refractivity contribution in [3.8, 4) is 0 Å². The number of ether oxygens (including phenoxy) is 2. The van der Waals surface area contributed by atoms with Crippen LogP contribution in [0.25, 0.3) is 0 Å². The van der Waals surface area contributed by atoms with Crippen molar-refractivity contribution in [1.29, 1.82) is 0 Å². The highest BCUT2D eigenvalue weighted by Crippen LogP contribution is 2.38. The number of likely N-dealkylation sites (tertiary alicyclic amines) is 1. The molecule has 0 radical (unpaired) electrons. The minimum atomic E-state index is -0.942. The molecule has 3 atom stereocenters. The molecule has 1 N–H and O–H groups in total. The van der Waals surface area contributed by atoms with Gasteiger partial charge in [-0.15, -0.1) is 0 Å². The third kappa shape index (κ3) is 5.92. The normalized spacial score (nSPS) is 21.3. The van der Waals surface area contributed by atoms with Gasteiger partial charge in [0.15, 0.2) is 0 Å². The van der Waals surface area contributed by atoms with Crippen LogP contribution in [0, 0.1) is 5.92 Å². The van der Waals surface area contributed by atoms with E-state index in [9.17, 15) is 9.59 Å². The summed E-state index contributed by atoms with van der Waals surface area (Å²) in [6.07, 6.45) is 1.88. The highest BCUT2D eigenvalue weighted by atomic mass is 35.5. The molecular weight excluding hydrogens is 370 g/mol. The van der Waals surface area contributed by atoms with E-state index in [-0.39, 0.29) is 24.4 Å². The lowest BCUT2D eigenvalue weighted by molar-refractivity contribution is -0.152. The van der Waals surface area contributed by atoms with Crippen molar-refractivity contribution >= 4 is 23.5 Å². The van der Waals surface area contributed by atoms with Gasteiger partial charge < -0.3 is 19.5 Å². The zero-order valence-electron chi connectivity index (χ0n) is 15.9. The first-order chi connectivity index (χ1) is 13.0. The molecule has 27 heavy (non-hydrogen) atoms. The van der Waals surface area contributed by atoms with Gasteiger partial charge in [0, 0.05) is 18.1 Å². The van der Waals surface area contributed by atoms with Gasteiger partial charge in [0.25, 0.3) is 0 Å². The van der Waals surface area contributed by atoms with Crippen LogP contribution in [0.2, 0.25) is 5.02 Å². The number of halogens is 1. The first-order valence-corrected chi connectivity index (χ1v) is 9.71. The van der Waals surface area contributed by atoms with Gasteiger partial charge in [-0.05, 0) is 37.0 Å². The number of methoxy groups -OCH3 is 1. The monoisotopic (exact) mass is 397 g/mol. The number of piperidine rings is 1. The summed E-state index contributed by atoms with van der Waals surface area (Å²) < 4.78 is 10.7. The van der Waals surface area contributed by atoms with Crippen LogP contribution in [0.1, 0.15) is 44.2 Å². The van der Waals surface area contributed by atoms with Gasteiger partial charge >= 0.3 is 5.97 Å². The van der Waals surface area contributed by atoms with Gasteiger partial charge in [-0.25, -0.2) is 0 Å². The Balaban J connectivity index is 2.23. The molecule has 150 valence electrons. The molecule has 1 aliphatic rings. The molecule has 1 aromatic rings. The van der Waals surface area contributed by atoms with Gasteiger partial charge in [-0.3, -0.25) is 9.59 Å². The molecule has 0 aliphatic carbocycles. The molecule has 6 nitrogen and oxygen atoms in total. The molecule has 0 saturated carbocycles. The Hall–Kier alpha value is -1.63. The molecule has 1 amide bonds. The fourth-order valence-electron chi connectivity index (χ4n) is 3.59. The number of hydrogen-bond acceptors (Lipinski definition) is 4. The van der Waals surface area contributed by atoms with Crippen molar-refractivity contribution in [2.24, 2.45) is 5.92 Å². The highest BCUT2D eigenvalue weighted by molar-refractivity contribution is 6.30. The second kappa shape index (κ2) is 10.6. The molecule has 0 unspecified atom stereocenters. The minimum absolute atomic E-state index is 0.101. The largest absolute Gasteiger partial charge is 0.481 e. The number of hydrogen-bond donors (Lipinski definition) is 1. The summed E-state index contributed by atoms with van der Waals surface area (Å²) >= 11 is 6.01. The fourth-order valence-corrected chi connectivity index (χ4v) is 3.72. The van der Waals surface area contributed by atoms with Gasteiger partial charge in [-0.2, -0.15) is 0 Å². The Bertz CT molecular complexity index is 621. The lowest BCUT2D eigenvalue weighted by Crippen LogP contribution is -2.51. The van der Waals surface area contributed by atoms with Crippen LogP contribution >= 0.6 is 11.6 Å². The van der Waals surface area contributed by atoms with Gasteiger partial charge in [-0.1, -0.05) is 30.7 Å². The molecular formula is C20H28ClNO5. The van der Waals surface area contributed by atoms with Crippen molar-refractivity contribution in [1.82, 2.24) is 4.90 Å². The third-order valence-electron chi connectivity index (χ3n) is 5.01. The van der Waals surface area contributed by atoms with E-state index in [0.717, 1.165) is 18.4 Å². The van der Waals surface area contributed by atoms with Crippen molar-refractivity contribution in [3.63, 3.8) is 0 Å². The number of carbonyl (C=O) groups is 2. The minimum Gasteiger partial charge on any atom is -0.481 e. The van der Waals surface area contributed by atoms with E-state index in [1.165, 1.54) is 0 Å². The Morgan fingerprint density at radius 1 is 1.30 bits per heavy atom. The summed E-state index contributed by atoms with van der Waals surface area (Å²) in [6, 6.07) is 7.28. The third-order valence-corrected chi connectivity index (χ3v) is 5.26. The predicted octanol–water partition coefficient (Wildman–Crippen LogP) is 3.54. The van der Waals surface area contributed by atoms with E-state index in [2.05, 4.69) is 0 Å². The van der Waals surface area contributed by atoms with Crippen LogP contribution in [-0.2, 0) is 19.1 Å². The summed E-state index contributed by atoms with van der Waals surface area (Å²) in [4.78, 5) is 26.2. The Morgan fingerprint density at radius 3 is 2.59 bits per heavy atom. The summed E-state index contributed by atoms with van der Waals surface area (Å²) in [5, 5.41) is 9.80. The van der Waals surface area contributed by atoms with Crippen LogP contribution in [0.4, 0.5) is 0 Å². The average molecular weight is 398 g/mol. The molecule has 1 saturated heterocycles. The van der Waals surface area contributed by atoms with E-state index < -0.39 is 11.9 Å². The van der Waals surface area contributed by atoms with E-state index in [0.29, 0.717) is 31.3 Å². The van der Waals surface area contributed by atoms with E-state index in [4.69, 9.17) is 26.2 Å². The van der Waals surface area contributed by atoms with Gasteiger partial charge in [0.2, 0.25) is 5.91 Å². The maximum absolute atomic E-state index is 13.2. The summed E-state index contributed by atoms with van der Waals surface area (Å²) in [6.45, 7) is 3.36. The maximum Gasteiger partial charge on any atom is 0.304 e. The van der Waals surface area contributed by atoms with Crippen LogP contribution < -0.4 is 0 Å². The molecule has 7 heteroatoms. The second-order valence-electron chi connectivity index (χ2n) is 6.81. The first-order valence-electron chi connectivity index (χ1n) is 9.34. The van der Waals surface area contributed by atoms with E-state index >= 15 is 0 Å². The molecule has 1 aliphatic heterocycles. The number of rotatable bonds is 10. The number of nitrogens with zero attached hydrogens (tertiary/aromatic N) is 1. The predicted molar refractivity (Wildman–Crippen MR) is 103 cm³/mol. The maximum atomic E-state index is 13.2. The quantitative estimate of drug-likeness (QED) is 0.611. The van der Waals surface area contributed by atoms with Gasteiger partial charge in [0.1, 0.15) is 0 Å².